The van der Waals surface area contributed by atoms with Crippen LogP contribution in [0.5, 0.6) is 5.75 Å². The summed E-state index contributed by atoms with van der Waals surface area (Å²) < 4.78 is 19.2. The summed E-state index contributed by atoms with van der Waals surface area (Å²) in [4.78, 5) is 1.48. The van der Waals surface area contributed by atoms with Crippen molar-refractivity contribution in [2.45, 2.75) is 6.54 Å². The van der Waals surface area contributed by atoms with Crippen molar-refractivity contribution in [2.24, 2.45) is 0 Å². The molecule has 0 saturated heterocycles. The lowest BCUT2D eigenvalue weighted by Crippen LogP contribution is -2.05. The van der Waals surface area contributed by atoms with E-state index in [0.717, 1.165) is 15.8 Å². The van der Waals surface area contributed by atoms with Crippen LogP contribution >= 0.6 is 15.9 Å². The molecule has 7 heteroatoms. The van der Waals surface area contributed by atoms with Crippen molar-refractivity contribution < 1.29 is 9.13 Å². The molecule has 0 fully saturated rings. The Bertz CT molecular complexity index is 788. The molecule has 0 bridgehead atoms. The zero-order valence-electron chi connectivity index (χ0n) is 11.7. The summed E-state index contributed by atoms with van der Waals surface area (Å²) >= 11 is 3.43. The number of halogens is 2. The number of aromatic nitrogens is 4. The molecule has 22 heavy (non-hydrogen) atoms. The van der Waals surface area contributed by atoms with Crippen molar-refractivity contribution in [2.75, 3.05) is 7.11 Å². The fraction of sp³-hybridized carbons (Fsp3) is 0.133. The van der Waals surface area contributed by atoms with Crippen LogP contribution in [-0.2, 0) is 6.54 Å². The van der Waals surface area contributed by atoms with Crippen LogP contribution in [-0.4, -0.2) is 27.3 Å². The number of hydrogen-bond acceptors (Lipinski definition) is 4. The first-order valence-corrected chi connectivity index (χ1v) is 7.31. The molecule has 3 aromatic rings. The van der Waals surface area contributed by atoms with Crippen LogP contribution < -0.4 is 4.74 Å². The summed E-state index contributed by atoms with van der Waals surface area (Å²) in [7, 11) is 1.62. The first-order chi connectivity index (χ1) is 10.7. The summed E-state index contributed by atoms with van der Waals surface area (Å²) in [5.74, 6) is 0.910. The number of nitrogens with zero attached hydrogens (tertiary/aromatic N) is 4. The van der Waals surface area contributed by atoms with Crippen molar-refractivity contribution in [1.82, 2.24) is 20.2 Å². The quantitative estimate of drug-likeness (QED) is 0.714. The maximum absolute atomic E-state index is 12.9. The molecular weight excluding hydrogens is 351 g/mol. The van der Waals surface area contributed by atoms with Crippen LogP contribution in [0, 0.1) is 5.82 Å². The summed E-state index contributed by atoms with van der Waals surface area (Å²) in [6, 6.07) is 11.7. The lowest BCUT2D eigenvalue weighted by molar-refractivity contribution is 0.405. The van der Waals surface area contributed by atoms with Gasteiger partial charge in [0.1, 0.15) is 11.6 Å². The molecule has 5 nitrogen and oxygen atoms in total. The van der Waals surface area contributed by atoms with E-state index in [2.05, 4.69) is 31.3 Å². The molecule has 0 spiro atoms. The molecule has 0 aliphatic carbocycles. The minimum Gasteiger partial charge on any atom is -0.496 e. The third-order valence-corrected chi connectivity index (χ3v) is 3.60. The Morgan fingerprint density at radius 1 is 1.18 bits per heavy atom. The van der Waals surface area contributed by atoms with E-state index in [1.807, 2.05) is 18.2 Å². The van der Waals surface area contributed by atoms with E-state index in [1.165, 1.54) is 16.9 Å². The minimum atomic E-state index is -0.296. The summed E-state index contributed by atoms with van der Waals surface area (Å²) in [6.45, 7) is 0.427. The van der Waals surface area contributed by atoms with Gasteiger partial charge in [0.15, 0.2) is 0 Å². The number of tetrazole rings is 1. The SMILES string of the molecule is COc1ccc(Br)cc1Cn1nnc(-c2ccc(F)cc2)n1. The van der Waals surface area contributed by atoms with Crippen LogP contribution in [0.1, 0.15) is 5.56 Å². The second-order valence-electron chi connectivity index (χ2n) is 4.61. The molecule has 1 heterocycles. The van der Waals surface area contributed by atoms with Gasteiger partial charge < -0.3 is 4.74 Å². The fourth-order valence-corrected chi connectivity index (χ4v) is 2.46. The van der Waals surface area contributed by atoms with Crippen LogP contribution in [0.4, 0.5) is 4.39 Å². The molecule has 0 aliphatic heterocycles. The van der Waals surface area contributed by atoms with E-state index >= 15 is 0 Å². The van der Waals surface area contributed by atoms with Crippen LogP contribution in [0.25, 0.3) is 11.4 Å². The molecule has 0 radical (unpaired) electrons. The lowest BCUT2D eigenvalue weighted by atomic mass is 10.2. The first kappa shape index (κ1) is 14.6. The van der Waals surface area contributed by atoms with E-state index in [4.69, 9.17) is 4.74 Å². The molecule has 3 rings (SSSR count). The Kier molecular flexibility index (Phi) is 4.15. The van der Waals surface area contributed by atoms with Crippen molar-refractivity contribution in [3.05, 3.63) is 58.3 Å². The lowest BCUT2D eigenvalue weighted by Gasteiger charge is -2.07. The topological polar surface area (TPSA) is 52.8 Å². The highest BCUT2D eigenvalue weighted by Gasteiger charge is 2.09. The largest absolute Gasteiger partial charge is 0.496 e. The Hall–Kier alpha value is -2.28. The molecule has 2 aromatic carbocycles. The van der Waals surface area contributed by atoms with Crippen LogP contribution in [0.3, 0.4) is 0 Å². The maximum atomic E-state index is 12.9. The molecule has 0 unspecified atom stereocenters. The highest BCUT2D eigenvalue weighted by molar-refractivity contribution is 9.10. The van der Waals surface area contributed by atoms with Crippen LogP contribution in [0.15, 0.2) is 46.9 Å². The third kappa shape index (κ3) is 3.14. The van der Waals surface area contributed by atoms with E-state index in [-0.39, 0.29) is 5.82 Å². The number of rotatable bonds is 4. The molecule has 0 saturated carbocycles. The fourth-order valence-electron chi connectivity index (χ4n) is 2.05. The number of benzene rings is 2. The Morgan fingerprint density at radius 3 is 2.68 bits per heavy atom. The monoisotopic (exact) mass is 362 g/mol. The summed E-state index contributed by atoms with van der Waals surface area (Å²) in [5, 5.41) is 12.3. The Morgan fingerprint density at radius 2 is 1.95 bits per heavy atom. The zero-order valence-corrected chi connectivity index (χ0v) is 13.3. The normalized spacial score (nSPS) is 10.7. The van der Waals surface area contributed by atoms with E-state index in [9.17, 15) is 4.39 Å². The molecule has 112 valence electrons. The van der Waals surface area contributed by atoms with Gasteiger partial charge in [0.25, 0.3) is 0 Å². The average molecular weight is 363 g/mol. The van der Waals surface area contributed by atoms with Gasteiger partial charge in [-0.3, -0.25) is 0 Å². The molecule has 0 amide bonds. The van der Waals surface area contributed by atoms with Gasteiger partial charge in [-0.25, -0.2) is 4.39 Å². The van der Waals surface area contributed by atoms with E-state index in [1.54, 1.807) is 19.2 Å². The van der Waals surface area contributed by atoms with Gasteiger partial charge in [-0.2, -0.15) is 4.80 Å². The van der Waals surface area contributed by atoms with Crippen molar-refractivity contribution in [3.8, 4) is 17.1 Å². The Balaban J connectivity index is 1.85. The summed E-state index contributed by atoms with van der Waals surface area (Å²) in [5.41, 5.74) is 1.65. The van der Waals surface area contributed by atoms with Gasteiger partial charge in [-0.15, -0.1) is 10.2 Å². The maximum Gasteiger partial charge on any atom is 0.204 e. The second kappa shape index (κ2) is 6.23. The van der Waals surface area contributed by atoms with Gasteiger partial charge >= 0.3 is 0 Å². The van der Waals surface area contributed by atoms with Gasteiger partial charge in [0.2, 0.25) is 5.82 Å². The first-order valence-electron chi connectivity index (χ1n) is 6.52. The van der Waals surface area contributed by atoms with E-state index in [0.29, 0.717) is 17.9 Å². The number of hydrogen-bond donors (Lipinski definition) is 0. The molecule has 0 N–H and O–H groups in total. The van der Waals surface area contributed by atoms with Crippen LogP contribution in [0.2, 0.25) is 0 Å². The smallest absolute Gasteiger partial charge is 0.204 e. The molecular formula is C15H12BrFN4O. The molecule has 0 aliphatic rings. The molecule has 1 aromatic heterocycles. The van der Waals surface area contributed by atoms with Crippen molar-refractivity contribution >= 4 is 15.9 Å². The Labute approximate surface area is 134 Å². The van der Waals surface area contributed by atoms with Crippen molar-refractivity contribution in [1.29, 1.82) is 0 Å². The summed E-state index contributed by atoms with van der Waals surface area (Å²) in [6.07, 6.45) is 0. The second-order valence-corrected chi connectivity index (χ2v) is 5.52. The van der Waals surface area contributed by atoms with Gasteiger partial charge in [-0.05, 0) is 47.7 Å². The zero-order chi connectivity index (χ0) is 15.5. The minimum absolute atomic E-state index is 0.296. The highest BCUT2D eigenvalue weighted by Crippen LogP contribution is 2.23. The van der Waals surface area contributed by atoms with Gasteiger partial charge in [0, 0.05) is 15.6 Å². The van der Waals surface area contributed by atoms with Crippen molar-refractivity contribution in [3.63, 3.8) is 0 Å². The average Bonchev–Trinajstić information content (AvgIpc) is 2.97. The predicted molar refractivity (Wildman–Crippen MR) is 83.0 cm³/mol. The third-order valence-electron chi connectivity index (χ3n) is 3.11. The van der Waals surface area contributed by atoms with Gasteiger partial charge in [0.05, 0.1) is 13.7 Å². The highest BCUT2D eigenvalue weighted by atomic mass is 79.9. The number of ether oxygens (including phenoxy) is 1. The van der Waals surface area contributed by atoms with Gasteiger partial charge in [-0.1, -0.05) is 15.9 Å². The number of methoxy groups -OCH3 is 1. The predicted octanol–water partition coefficient (Wildman–Crippen LogP) is 3.30. The molecule has 0 atom stereocenters. The van der Waals surface area contributed by atoms with E-state index < -0.39 is 0 Å². The standard InChI is InChI=1S/C15H12BrFN4O/c1-22-14-7-4-12(16)8-11(14)9-21-19-15(18-20-21)10-2-5-13(17)6-3-10/h2-8H,9H2,1H3.